The van der Waals surface area contributed by atoms with Crippen LogP contribution in [-0.4, -0.2) is 31.7 Å². The highest BCUT2D eigenvalue weighted by molar-refractivity contribution is 7.89. The Morgan fingerprint density at radius 2 is 1.64 bits per heavy atom. The van der Waals surface area contributed by atoms with E-state index in [-0.39, 0.29) is 16.8 Å². The first kappa shape index (κ1) is 19.1. The smallest absolute Gasteiger partial charge is 0.255 e. The molecular weight excluding hydrogens is 336 g/mol. The summed E-state index contributed by atoms with van der Waals surface area (Å²) in [6, 6.07) is 11.8. The lowest BCUT2D eigenvalue weighted by Gasteiger charge is -2.21. The second-order valence-corrected chi connectivity index (χ2v) is 8.41. The van der Waals surface area contributed by atoms with Crippen LogP contribution >= 0.6 is 0 Å². The van der Waals surface area contributed by atoms with Crippen LogP contribution in [-0.2, 0) is 10.0 Å². The SMILES string of the molecule is Cc1ccc(C)c(C(=O)Nc2ccc(S(=O)(=O)N(C)C(C)C)cc2)c1. The van der Waals surface area contributed by atoms with Crippen LogP contribution < -0.4 is 5.32 Å². The van der Waals surface area contributed by atoms with Crippen molar-refractivity contribution >= 4 is 21.6 Å². The quantitative estimate of drug-likeness (QED) is 0.886. The lowest BCUT2D eigenvalue weighted by Crippen LogP contribution is -2.33. The van der Waals surface area contributed by atoms with Gasteiger partial charge in [-0.15, -0.1) is 0 Å². The molecule has 6 heteroatoms. The first-order valence-corrected chi connectivity index (χ1v) is 9.53. The standard InChI is InChI=1S/C19H24N2O3S/c1-13(2)21(5)25(23,24)17-10-8-16(9-11-17)20-19(22)18-12-14(3)6-7-15(18)4/h6-13H,1-5H3,(H,20,22). The Morgan fingerprint density at radius 1 is 1.04 bits per heavy atom. The molecule has 0 unspecified atom stereocenters. The van der Waals surface area contributed by atoms with E-state index in [1.54, 1.807) is 19.2 Å². The third-order valence-corrected chi connectivity index (χ3v) is 6.20. The number of hydrogen-bond acceptors (Lipinski definition) is 3. The Labute approximate surface area is 149 Å². The van der Waals surface area contributed by atoms with E-state index in [1.807, 2.05) is 45.9 Å². The Morgan fingerprint density at radius 3 is 2.20 bits per heavy atom. The molecule has 0 saturated heterocycles. The minimum atomic E-state index is -3.53. The van der Waals surface area contributed by atoms with Crippen molar-refractivity contribution in [3.8, 4) is 0 Å². The second kappa shape index (κ2) is 7.37. The fourth-order valence-electron chi connectivity index (χ4n) is 2.33. The molecule has 134 valence electrons. The highest BCUT2D eigenvalue weighted by Gasteiger charge is 2.22. The summed E-state index contributed by atoms with van der Waals surface area (Å²) >= 11 is 0. The van der Waals surface area contributed by atoms with Gasteiger partial charge in [-0.25, -0.2) is 8.42 Å². The molecule has 0 bridgehead atoms. The van der Waals surface area contributed by atoms with Crippen molar-refractivity contribution in [3.05, 3.63) is 59.2 Å². The van der Waals surface area contributed by atoms with Crippen LogP contribution in [0.15, 0.2) is 47.4 Å². The van der Waals surface area contributed by atoms with Crippen LogP contribution in [0.2, 0.25) is 0 Å². The zero-order chi connectivity index (χ0) is 18.8. The maximum absolute atomic E-state index is 12.4. The molecule has 0 spiro atoms. The third kappa shape index (κ3) is 4.27. The Bertz CT molecular complexity index is 872. The topological polar surface area (TPSA) is 66.5 Å². The molecule has 0 aliphatic carbocycles. The second-order valence-electron chi connectivity index (χ2n) is 6.41. The molecule has 2 rings (SSSR count). The van der Waals surface area contributed by atoms with Gasteiger partial charge in [0, 0.05) is 24.3 Å². The van der Waals surface area contributed by atoms with Gasteiger partial charge in [-0.05, 0) is 63.6 Å². The van der Waals surface area contributed by atoms with Crippen LogP contribution in [0.3, 0.4) is 0 Å². The number of hydrogen-bond donors (Lipinski definition) is 1. The van der Waals surface area contributed by atoms with E-state index >= 15 is 0 Å². The van der Waals surface area contributed by atoms with Gasteiger partial charge in [-0.3, -0.25) is 4.79 Å². The molecule has 0 aliphatic rings. The molecule has 0 saturated carbocycles. The van der Waals surface area contributed by atoms with Gasteiger partial charge in [0.1, 0.15) is 0 Å². The highest BCUT2D eigenvalue weighted by atomic mass is 32.2. The number of sulfonamides is 1. The van der Waals surface area contributed by atoms with Crippen molar-refractivity contribution in [1.82, 2.24) is 4.31 Å². The number of amides is 1. The van der Waals surface area contributed by atoms with Gasteiger partial charge in [0.05, 0.1) is 4.90 Å². The summed E-state index contributed by atoms with van der Waals surface area (Å²) in [6.07, 6.45) is 0. The summed E-state index contributed by atoms with van der Waals surface area (Å²) in [5, 5.41) is 2.81. The summed E-state index contributed by atoms with van der Waals surface area (Å²) in [5.74, 6) is -0.212. The van der Waals surface area contributed by atoms with Crippen LogP contribution in [0.1, 0.15) is 35.3 Å². The zero-order valence-electron chi connectivity index (χ0n) is 15.2. The minimum absolute atomic E-state index is 0.131. The van der Waals surface area contributed by atoms with Crippen molar-refractivity contribution in [3.63, 3.8) is 0 Å². The van der Waals surface area contributed by atoms with Gasteiger partial charge >= 0.3 is 0 Å². The first-order chi connectivity index (χ1) is 11.6. The lowest BCUT2D eigenvalue weighted by atomic mass is 10.1. The third-order valence-electron chi connectivity index (χ3n) is 4.15. The molecular formula is C19H24N2O3S. The average Bonchev–Trinajstić information content (AvgIpc) is 2.56. The van der Waals surface area contributed by atoms with Crippen molar-refractivity contribution in [2.24, 2.45) is 0 Å². The number of nitrogens with zero attached hydrogens (tertiary/aromatic N) is 1. The molecule has 0 heterocycles. The fourth-order valence-corrected chi connectivity index (χ4v) is 3.70. The van der Waals surface area contributed by atoms with E-state index in [2.05, 4.69) is 5.32 Å². The largest absolute Gasteiger partial charge is 0.322 e. The highest BCUT2D eigenvalue weighted by Crippen LogP contribution is 2.20. The summed E-state index contributed by atoms with van der Waals surface area (Å²) in [4.78, 5) is 12.6. The van der Waals surface area contributed by atoms with Gasteiger partial charge < -0.3 is 5.32 Å². The summed E-state index contributed by atoms with van der Waals surface area (Å²) in [6.45, 7) is 7.44. The van der Waals surface area contributed by atoms with E-state index < -0.39 is 10.0 Å². The van der Waals surface area contributed by atoms with Gasteiger partial charge in [-0.1, -0.05) is 17.7 Å². The number of carbonyl (C=O) groups is 1. The monoisotopic (exact) mass is 360 g/mol. The van der Waals surface area contributed by atoms with Crippen molar-refractivity contribution in [1.29, 1.82) is 0 Å². The van der Waals surface area contributed by atoms with Crippen molar-refractivity contribution < 1.29 is 13.2 Å². The maximum atomic E-state index is 12.4. The van der Waals surface area contributed by atoms with Gasteiger partial charge in [0.25, 0.3) is 5.91 Å². The van der Waals surface area contributed by atoms with Gasteiger partial charge in [0.2, 0.25) is 10.0 Å². The number of carbonyl (C=O) groups excluding carboxylic acids is 1. The number of rotatable bonds is 5. The number of anilines is 1. The minimum Gasteiger partial charge on any atom is -0.322 e. The molecule has 25 heavy (non-hydrogen) atoms. The number of nitrogens with one attached hydrogen (secondary N) is 1. The predicted molar refractivity (Wildman–Crippen MR) is 100 cm³/mol. The van der Waals surface area contributed by atoms with E-state index in [4.69, 9.17) is 0 Å². The molecule has 0 aliphatic heterocycles. The lowest BCUT2D eigenvalue weighted by molar-refractivity contribution is 0.102. The van der Waals surface area contributed by atoms with Crippen molar-refractivity contribution in [2.75, 3.05) is 12.4 Å². The summed E-state index contributed by atoms with van der Waals surface area (Å²) < 4.78 is 26.2. The van der Waals surface area contributed by atoms with E-state index in [0.717, 1.165) is 11.1 Å². The molecule has 0 fully saturated rings. The summed E-state index contributed by atoms with van der Waals surface area (Å²) in [7, 11) is -1.98. The van der Waals surface area contributed by atoms with Gasteiger partial charge in [0.15, 0.2) is 0 Å². The van der Waals surface area contributed by atoms with Crippen LogP contribution in [0.4, 0.5) is 5.69 Å². The number of aryl methyl sites for hydroxylation is 2. The zero-order valence-corrected chi connectivity index (χ0v) is 16.0. The first-order valence-electron chi connectivity index (χ1n) is 8.09. The van der Waals surface area contributed by atoms with E-state index in [1.165, 1.54) is 16.4 Å². The normalized spacial score (nSPS) is 11.8. The molecule has 0 atom stereocenters. The average molecular weight is 360 g/mol. The Kier molecular flexibility index (Phi) is 5.65. The maximum Gasteiger partial charge on any atom is 0.255 e. The predicted octanol–water partition coefficient (Wildman–Crippen LogP) is 3.58. The van der Waals surface area contributed by atoms with Crippen molar-refractivity contribution in [2.45, 2.75) is 38.6 Å². The fraction of sp³-hybridized carbons (Fsp3) is 0.316. The van der Waals surface area contributed by atoms with Gasteiger partial charge in [-0.2, -0.15) is 4.31 Å². The molecule has 0 radical (unpaired) electrons. The Hall–Kier alpha value is -2.18. The van der Waals surface area contributed by atoms with Crippen LogP contribution in [0.5, 0.6) is 0 Å². The molecule has 5 nitrogen and oxygen atoms in total. The molecule has 2 aromatic rings. The summed E-state index contributed by atoms with van der Waals surface area (Å²) in [5.41, 5.74) is 3.06. The van der Waals surface area contributed by atoms with Crippen LogP contribution in [0.25, 0.3) is 0 Å². The van der Waals surface area contributed by atoms with E-state index in [0.29, 0.717) is 11.3 Å². The van der Waals surface area contributed by atoms with E-state index in [9.17, 15) is 13.2 Å². The molecule has 0 aromatic heterocycles. The molecule has 1 N–H and O–H groups in total. The number of benzene rings is 2. The Balaban J connectivity index is 2.21. The van der Waals surface area contributed by atoms with Crippen LogP contribution in [0, 0.1) is 13.8 Å². The molecule has 1 amide bonds. The molecule has 2 aromatic carbocycles.